The summed E-state index contributed by atoms with van der Waals surface area (Å²) >= 11 is 0. The number of unbranched alkanes of at least 4 members (excludes halogenated alkanes) is 27. The molecule has 0 aliphatic heterocycles. The van der Waals surface area contributed by atoms with E-state index < -0.39 is 32.5 Å². The lowest BCUT2D eigenvalue weighted by atomic mass is 10.0. The van der Waals surface area contributed by atoms with E-state index in [9.17, 15) is 19.0 Å². The van der Waals surface area contributed by atoms with E-state index in [4.69, 9.17) is 18.5 Å². The lowest BCUT2D eigenvalue weighted by molar-refractivity contribution is -0.870. The van der Waals surface area contributed by atoms with Gasteiger partial charge in [0.1, 0.15) is 19.8 Å². The van der Waals surface area contributed by atoms with Gasteiger partial charge in [-0.3, -0.25) is 14.2 Å². The van der Waals surface area contributed by atoms with Crippen molar-refractivity contribution in [1.82, 2.24) is 0 Å². The highest BCUT2D eigenvalue weighted by molar-refractivity contribution is 7.45. The maximum atomic E-state index is 12.9. The van der Waals surface area contributed by atoms with E-state index in [-0.39, 0.29) is 26.1 Å². The molecule has 0 aliphatic carbocycles. The SMILES string of the molecule is CC/C=C\C/C=C\C/C=C\C/C=C\C/C=C\C/C=C\CCCCCCCCCCCCCCCCCCCCCCC(=O)OC(COC(=O)CCCCCCCCC/C=C\C/C=C\C/C=C\C/C=C\C/C=C\CC)COP(=O)([O-])OCC[N+](C)(C)C. The number of carbonyl (C=O) groups is 2. The van der Waals surface area contributed by atoms with Gasteiger partial charge >= 0.3 is 11.9 Å². The second-order valence-electron chi connectivity index (χ2n) is 24.1. The number of hydrogen-bond acceptors (Lipinski definition) is 8. The van der Waals surface area contributed by atoms with Crippen molar-refractivity contribution in [3.63, 3.8) is 0 Å². The third kappa shape index (κ3) is 69.3. The van der Waals surface area contributed by atoms with Gasteiger partial charge in [-0.15, -0.1) is 0 Å². The fraction of sp³-hybridized carbons (Fsp3) is 0.684. The van der Waals surface area contributed by atoms with Gasteiger partial charge in [0.05, 0.1) is 27.7 Å². The van der Waals surface area contributed by atoms with Crippen LogP contribution in [0.2, 0.25) is 0 Å². The molecule has 0 amide bonds. The first kappa shape index (κ1) is 82.1. The van der Waals surface area contributed by atoms with Gasteiger partial charge in [-0.1, -0.05) is 295 Å². The van der Waals surface area contributed by atoms with Crippen molar-refractivity contribution in [1.29, 1.82) is 0 Å². The average Bonchev–Trinajstić information content (AvgIpc) is 3.56. The zero-order chi connectivity index (χ0) is 62.6. The van der Waals surface area contributed by atoms with Crippen molar-refractivity contribution in [2.75, 3.05) is 47.5 Å². The summed E-state index contributed by atoms with van der Waals surface area (Å²) in [7, 11) is 1.15. The quantitative estimate of drug-likeness (QED) is 0.0195. The second-order valence-corrected chi connectivity index (χ2v) is 25.5. The molecule has 9 nitrogen and oxygen atoms in total. The Hall–Kier alpha value is -3.85. The minimum absolute atomic E-state index is 0.0373. The summed E-state index contributed by atoms with van der Waals surface area (Å²) < 4.78 is 34.3. The van der Waals surface area contributed by atoms with Crippen LogP contribution in [-0.4, -0.2) is 70.0 Å². The van der Waals surface area contributed by atoms with Crippen LogP contribution in [0.1, 0.15) is 284 Å². The Labute approximate surface area is 530 Å². The molecule has 86 heavy (non-hydrogen) atoms. The average molecular weight is 1220 g/mol. The van der Waals surface area contributed by atoms with Crippen LogP contribution < -0.4 is 4.89 Å². The number of likely N-dealkylation sites (N-methyl/N-ethyl adjacent to an activating group) is 1. The molecule has 0 radical (unpaired) electrons. The molecule has 0 saturated heterocycles. The van der Waals surface area contributed by atoms with E-state index in [2.05, 4.69) is 148 Å². The third-order valence-corrected chi connectivity index (χ3v) is 15.6. The molecule has 0 N–H and O–H groups in total. The zero-order valence-electron chi connectivity index (χ0n) is 56.0. The number of phosphoric acid groups is 1. The number of carbonyl (C=O) groups excluding carboxylic acids is 2. The number of esters is 2. The molecule has 0 aromatic heterocycles. The molecule has 0 aromatic carbocycles. The number of hydrogen-bond donors (Lipinski definition) is 0. The number of allylic oxidation sites excluding steroid dienone is 22. The van der Waals surface area contributed by atoms with E-state index in [1.165, 1.54) is 128 Å². The van der Waals surface area contributed by atoms with Gasteiger partial charge in [0.15, 0.2) is 6.10 Å². The van der Waals surface area contributed by atoms with Crippen LogP contribution in [0.5, 0.6) is 0 Å². The Kier molecular flexibility index (Phi) is 62.7. The van der Waals surface area contributed by atoms with Gasteiger partial charge in [-0.2, -0.15) is 0 Å². The minimum atomic E-state index is -4.65. The smallest absolute Gasteiger partial charge is 0.306 e. The lowest BCUT2D eigenvalue weighted by Crippen LogP contribution is -2.37. The monoisotopic (exact) mass is 1220 g/mol. The maximum absolute atomic E-state index is 12.9. The summed E-state index contributed by atoms with van der Waals surface area (Å²) in [5, 5.41) is 0. The predicted octanol–water partition coefficient (Wildman–Crippen LogP) is 22.2. The summed E-state index contributed by atoms with van der Waals surface area (Å²) in [6.07, 6.45) is 95.3. The molecule has 10 heteroatoms. The first-order chi connectivity index (χ1) is 42.0. The summed E-state index contributed by atoms with van der Waals surface area (Å²) in [5.41, 5.74) is 0. The van der Waals surface area contributed by atoms with Gasteiger partial charge in [0, 0.05) is 12.8 Å². The molecule has 0 spiro atoms. The summed E-state index contributed by atoms with van der Waals surface area (Å²) in [6.45, 7) is 4.01. The summed E-state index contributed by atoms with van der Waals surface area (Å²) in [4.78, 5) is 38.0. The topological polar surface area (TPSA) is 111 Å². The van der Waals surface area contributed by atoms with Crippen molar-refractivity contribution in [2.24, 2.45) is 0 Å². The Morgan fingerprint density at radius 3 is 0.930 bits per heavy atom. The molecule has 2 unspecified atom stereocenters. The highest BCUT2D eigenvalue weighted by atomic mass is 31.2. The number of ether oxygens (including phenoxy) is 2. The van der Waals surface area contributed by atoms with Crippen LogP contribution in [0.15, 0.2) is 134 Å². The van der Waals surface area contributed by atoms with E-state index >= 15 is 0 Å². The maximum Gasteiger partial charge on any atom is 0.306 e. The van der Waals surface area contributed by atoms with Gasteiger partial charge < -0.3 is 27.9 Å². The van der Waals surface area contributed by atoms with Gasteiger partial charge in [-0.25, -0.2) is 0 Å². The Balaban J connectivity index is 4.02. The molecule has 0 aliphatic rings. The minimum Gasteiger partial charge on any atom is -0.756 e. The molecule has 0 heterocycles. The molecule has 2 atom stereocenters. The van der Waals surface area contributed by atoms with Crippen molar-refractivity contribution in [3.8, 4) is 0 Å². The first-order valence-electron chi connectivity index (χ1n) is 34.9. The largest absolute Gasteiger partial charge is 0.756 e. The van der Waals surface area contributed by atoms with E-state index in [0.717, 1.165) is 116 Å². The number of phosphoric ester groups is 1. The van der Waals surface area contributed by atoms with Crippen molar-refractivity contribution >= 4 is 19.8 Å². The summed E-state index contributed by atoms with van der Waals surface area (Å²) in [5.74, 6) is -0.844. The Morgan fingerprint density at radius 1 is 0.360 bits per heavy atom. The zero-order valence-corrected chi connectivity index (χ0v) is 56.9. The highest BCUT2D eigenvalue weighted by Crippen LogP contribution is 2.38. The Bertz CT molecular complexity index is 1910. The predicted molar refractivity (Wildman–Crippen MR) is 369 cm³/mol. The van der Waals surface area contributed by atoms with E-state index in [1.54, 1.807) is 0 Å². The third-order valence-electron chi connectivity index (χ3n) is 14.7. The van der Waals surface area contributed by atoms with Crippen LogP contribution in [0.25, 0.3) is 0 Å². The lowest BCUT2D eigenvalue weighted by Gasteiger charge is -2.28. The number of nitrogens with zero attached hydrogens (tertiary/aromatic N) is 1. The molecular formula is C76H130NO8P. The highest BCUT2D eigenvalue weighted by Gasteiger charge is 2.22. The fourth-order valence-electron chi connectivity index (χ4n) is 9.39. The second kappa shape index (κ2) is 65.6. The van der Waals surface area contributed by atoms with Crippen molar-refractivity contribution < 1.29 is 42.1 Å². The van der Waals surface area contributed by atoms with Crippen LogP contribution in [0, 0.1) is 0 Å². The number of quaternary nitrogens is 1. The van der Waals surface area contributed by atoms with E-state index in [1.807, 2.05) is 21.1 Å². The van der Waals surface area contributed by atoms with Crippen LogP contribution >= 0.6 is 7.82 Å². The number of rotatable bonds is 63. The molecule has 0 fully saturated rings. The van der Waals surface area contributed by atoms with Gasteiger partial charge in [0.25, 0.3) is 7.82 Å². The summed E-state index contributed by atoms with van der Waals surface area (Å²) in [6, 6.07) is 0. The Morgan fingerprint density at radius 2 is 0.628 bits per heavy atom. The van der Waals surface area contributed by atoms with Gasteiger partial charge in [0.2, 0.25) is 0 Å². The van der Waals surface area contributed by atoms with Crippen molar-refractivity contribution in [2.45, 2.75) is 290 Å². The standard InChI is InChI=1S/C76H130NO8P/c1-6-8-10-12-14-16-18-20-22-24-26-28-30-31-32-33-34-35-36-37-38-39-40-41-42-43-44-45-47-49-51-53-55-57-59-61-63-65-67-69-76(79)85-74(73-84-86(80,81)83-71-70-77(3,4)5)72-82-75(78)68-66-64-62-60-58-56-54-52-50-48-46-29-27-25-23-21-19-17-15-13-11-9-7-2/h8-11,14-17,20-23,26-29,31-32,34-35,48,50,74H,6-7,12-13,18-19,24-25,30,33,36-47,49,51-73H2,1-5H3/b10-8-,11-9-,16-14-,17-15-,22-20-,23-21-,28-26-,29-27-,32-31-,35-34-,50-48-. The van der Waals surface area contributed by atoms with Crippen LogP contribution in [0.3, 0.4) is 0 Å². The van der Waals surface area contributed by atoms with Gasteiger partial charge in [-0.05, 0) is 109 Å². The first-order valence-corrected chi connectivity index (χ1v) is 36.4. The van der Waals surface area contributed by atoms with Crippen LogP contribution in [0.4, 0.5) is 0 Å². The molecule has 0 aromatic rings. The molecule has 0 bridgehead atoms. The molecule has 492 valence electrons. The normalized spacial score (nSPS) is 14.0. The molecule has 0 saturated carbocycles. The fourth-order valence-corrected chi connectivity index (χ4v) is 10.1. The molecule has 0 rings (SSSR count). The van der Waals surface area contributed by atoms with Crippen LogP contribution in [-0.2, 0) is 32.7 Å². The van der Waals surface area contributed by atoms with E-state index in [0.29, 0.717) is 23.9 Å². The van der Waals surface area contributed by atoms with Crippen molar-refractivity contribution in [3.05, 3.63) is 134 Å². The molecular weight excluding hydrogens is 1090 g/mol.